The fourth-order valence-corrected chi connectivity index (χ4v) is 3.52. The first-order chi connectivity index (χ1) is 14.0. The van der Waals surface area contributed by atoms with Crippen molar-refractivity contribution in [1.82, 2.24) is 5.43 Å². The molecular formula is C23H29N3O4. The highest BCUT2D eigenvalue weighted by Crippen LogP contribution is 2.39. The first-order valence-corrected chi connectivity index (χ1v) is 9.77. The predicted octanol–water partition coefficient (Wildman–Crippen LogP) is 4.84. The molecule has 2 rings (SSSR count). The van der Waals surface area contributed by atoms with Crippen LogP contribution in [-0.4, -0.2) is 23.7 Å². The van der Waals surface area contributed by atoms with Crippen molar-refractivity contribution in [3.05, 3.63) is 69.8 Å². The smallest absolute Gasteiger partial charge is 0.311 e. The Morgan fingerprint density at radius 2 is 1.80 bits per heavy atom. The Kier molecular flexibility index (Phi) is 7.32. The van der Waals surface area contributed by atoms with Crippen molar-refractivity contribution in [2.24, 2.45) is 10.5 Å². The maximum Gasteiger partial charge on any atom is 0.311 e. The number of nitrogens with zero attached hydrogens (tertiary/aromatic N) is 2. The molecule has 1 N–H and O–H groups in total. The van der Waals surface area contributed by atoms with Gasteiger partial charge in [0.1, 0.15) is 0 Å². The van der Waals surface area contributed by atoms with Crippen molar-refractivity contribution in [2.45, 2.75) is 46.5 Å². The van der Waals surface area contributed by atoms with E-state index in [2.05, 4.69) is 45.1 Å². The predicted molar refractivity (Wildman–Crippen MR) is 118 cm³/mol. The summed E-state index contributed by atoms with van der Waals surface area (Å²) in [6.45, 7) is 10.2. The van der Waals surface area contributed by atoms with Gasteiger partial charge in [0, 0.05) is 6.07 Å². The molecule has 0 radical (unpaired) electrons. The third-order valence-electron chi connectivity index (χ3n) is 4.47. The van der Waals surface area contributed by atoms with E-state index >= 15 is 0 Å². The van der Waals surface area contributed by atoms with Crippen LogP contribution in [0.4, 0.5) is 5.69 Å². The van der Waals surface area contributed by atoms with Crippen molar-refractivity contribution in [3.8, 4) is 5.75 Å². The molecule has 0 fully saturated rings. The standard InChI is InChI=1S/C23H29N3O4/c1-22(2,3)16-23(4,5)18-11-12-20(19(13-18)26(28)29)30-15-21(27)25-24-14-17-9-7-6-8-10-17/h6-14H,15-16H2,1-5H3,(H,25,27)/b24-14+. The average molecular weight is 412 g/mol. The maximum absolute atomic E-state index is 12.0. The van der Waals surface area contributed by atoms with Crippen LogP contribution in [0.3, 0.4) is 0 Å². The van der Waals surface area contributed by atoms with E-state index in [1.807, 2.05) is 36.4 Å². The van der Waals surface area contributed by atoms with Gasteiger partial charge in [-0.25, -0.2) is 5.43 Å². The molecule has 0 aliphatic heterocycles. The van der Waals surface area contributed by atoms with E-state index in [0.29, 0.717) is 0 Å². The van der Waals surface area contributed by atoms with E-state index in [9.17, 15) is 14.9 Å². The van der Waals surface area contributed by atoms with Crippen LogP contribution < -0.4 is 10.2 Å². The van der Waals surface area contributed by atoms with Crippen LogP contribution in [0.15, 0.2) is 53.6 Å². The Hall–Kier alpha value is -3.22. The normalized spacial score (nSPS) is 12.0. The lowest BCUT2D eigenvalue weighted by Crippen LogP contribution is -2.26. The van der Waals surface area contributed by atoms with Gasteiger partial charge < -0.3 is 4.74 Å². The summed E-state index contributed by atoms with van der Waals surface area (Å²) in [4.78, 5) is 23.0. The summed E-state index contributed by atoms with van der Waals surface area (Å²) in [7, 11) is 0. The minimum atomic E-state index is -0.506. The largest absolute Gasteiger partial charge is 0.477 e. The minimum absolute atomic E-state index is 0.0532. The fourth-order valence-electron chi connectivity index (χ4n) is 3.52. The Bertz CT molecular complexity index is 916. The van der Waals surface area contributed by atoms with Gasteiger partial charge in [-0.15, -0.1) is 0 Å². The van der Waals surface area contributed by atoms with E-state index < -0.39 is 10.8 Å². The molecule has 0 unspecified atom stereocenters. The van der Waals surface area contributed by atoms with Gasteiger partial charge in [0.2, 0.25) is 0 Å². The van der Waals surface area contributed by atoms with Crippen LogP contribution in [0.25, 0.3) is 0 Å². The Labute approximate surface area is 177 Å². The number of nitrogens with one attached hydrogen (secondary N) is 1. The number of hydrogen-bond acceptors (Lipinski definition) is 5. The lowest BCUT2D eigenvalue weighted by atomic mass is 9.72. The average Bonchev–Trinajstić information content (AvgIpc) is 2.65. The third-order valence-corrected chi connectivity index (χ3v) is 4.47. The minimum Gasteiger partial charge on any atom is -0.477 e. The van der Waals surface area contributed by atoms with E-state index in [-0.39, 0.29) is 28.9 Å². The first kappa shape index (κ1) is 23.1. The molecule has 0 bridgehead atoms. The lowest BCUT2D eigenvalue weighted by Gasteiger charge is -2.33. The highest BCUT2D eigenvalue weighted by atomic mass is 16.6. The molecule has 1 amide bonds. The van der Waals surface area contributed by atoms with Gasteiger partial charge in [0.25, 0.3) is 5.91 Å². The van der Waals surface area contributed by atoms with Crippen molar-refractivity contribution >= 4 is 17.8 Å². The zero-order valence-corrected chi connectivity index (χ0v) is 18.1. The number of benzene rings is 2. The van der Waals surface area contributed by atoms with Gasteiger partial charge in [-0.3, -0.25) is 14.9 Å². The first-order valence-electron chi connectivity index (χ1n) is 9.77. The lowest BCUT2D eigenvalue weighted by molar-refractivity contribution is -0.385. The molecule has 30 heavy (non-hydrogen) atoms. The summed E-state index contributed by atoms with van der Waals surface area (Å²) in [5.74, 6) is -0.453. The van der Waals surface area contributed by atoms with E-state index in [1.165, 1.54) is 12.3 Å². The summed E-state index contributed by atoms with van der Waals surface area (Å²) in [5.41, 5.74) is 3.71. The fraction of sp³-hybridized carbons (Fsp3) is 0.391. The Balaban J connectivity index is 2.06. The molecule has 0 saturated heterocycles. The van der Waals surface area contributed by atoms with Gasteiger partial charge in [0.05, 0.1) is 11.1 Å². The zero-order chi connectivity index (χ0) is 22.4. The molecule has 160 valence electrons. The molecular weight excluding hydrogens is 382 g/mol. The molecule has 2 aromatic rings. The summed E-state index contributed by atoms with van der Waals surface area (Å²) in [6.07, 6.45) is 2.37. The van der Waals surface area contributed by atoms with Crippen LogP contribution in [0, 0.1) is 15.5 Å². The van der Waals surface area contributed by atoms with Crippen molar-refractivity contribution < 1.29 is 14.5 Å². The van der Waals surface area contributed by atoms with Gasteiger partial charge in [-0.2, -0.15) is 5.10 Å². The van der Waals surface area contributed by atoms with Crippen LogP contribution >= 0.6 is 0 Å². The number of carbonyl (C=O) groups is 1. The summed E-state index contributed by atoms with van der Waals surface area (Å²) in [5, 5.41) is 15.4. The number of carbonyl (C=O) groups excluding carboxylic acids is 1. The molecule has 7 nitrogen and oxygen atoms in total. The third kappa shape index (κ3) is 6.99. The number of nitro benzene ring substituents is 1. The van der Waals surface area contributed by atoms with Crippen LogP contribution in [-0.2, 0) is 10.2 Å². The number of hydrazone groups is 1. The van der Waals surface area contributed by atoms with Gasteiger partial charge in [-0.1, -0.05) is 71.0 Å². The highest BCUT2D eigenvalue weighted by Gasteiger charge is 2.29. The van der Waals surface area contributed by atoms with E-state index in [0.717, 1.165) is 17.5 Å². The molecule has 0 aliphatic carbocycles. The molecule has 2 aromatic carbocycles. The molecule has 0 atom stereocenters. The highest BCUT2D eigenvalue weighted by molar-refractivity contribution is 5.82. The Morgan fingerprint density at radius 3 is 2.40 bits per heavy atom. The Morgan fingerprint density at radius 1 is 1.13 bits per heavy atom. The second kappa shape index (κ2) is 9.52. The molecule has 0 saturated carbocycles. The van der Waals surface area contributed by atoms with Crippen molar-refractivity contribution in [1.29, 1.82) is 0 Å². The molecule has 0 aliphatic rings. The summed E-state index contributed by atoms with van der Waals surface area (Å²) >= 11 is 0. The number of ether oxygens (including phenoxy) is 1. The van der Waals surface area contributed by atoms with Crippen LogP contribution in [0.1, 0.15) is 52.2 Å². The van der Waals surface area contributed by atoms with Crippen LogP contribution in [0.2, 0.25) is 0 Å². The van der Waals surface area contributed by atoms with Crippen molar-refractivity contribution in [2.75, 3.05) is 6.61 Å². The molecule has 0 spiro atoms. The molecule has 0 aromatic heterocycles. The molecule has 0 heterocycles. The quantitative estimate of drug-likeness (QED) is 0.382. The number of hydrogen-bond donors (Lipinski definition) is 1. The van der Waals surface area contributed by atoms with Crippen molar-refractivity contribution in [3.63, 3.8) is 0 Å². The van der Waals surface area contributed by atoms with E-state index in [4.69, 9.17) is 4.74 Å². The van der Waals surface area contributed by atoms with Gasteiger partial charge in [0.15, 0.2) is 12.4 Å². The van der Waals surface area contributed by atoms with Gasteiger partial charge >= 0.3 is 5.69 Å². The zero-order valence-electron chi connectivity index (χ0n) is 18.1. The SMILES string of the molecule is CC(C)(C)CC(C)(C)c1ccc(OCC(=O)N/N=C/c2ccccc2)c([N+](=O)[O-])c1. The maximum atomic E-state index is 12.0. The van der Waals surface area contributed by atoms with Crippen LogP contribution in [0.5, 0.6) is 5.75 Å². The summed E-state index contributed by atoms with van der Waals surface area (Å²) in [6, 6.07) is 14.2. The second-order valence-electron chi connectivity index (χ2n) is 9.05. The number of rotatable bonds is 8. The van der Waals surface area contributed by atoms with E-state index in [1.54, 1.807) is 6.07 Å². The molecule has 7 heteroatoms. The monoisotopic (exact) mass is 411 g/mol. The summed E-state index contributed by atoms with van der Waals surface area (Å²) < 4.78 is 5.40. The second-order valence-corrected chi connectivity index (χ2v) is 9.05. The topological polar surface area (TPSA) is 93.8 Å². The van der Waals surface area contributed by atoms with Gasteiger partial charge in [-0.05, 0) is 34.4 Å². The number of nitro groups is 1. The number of amides is 1.